The zero-order valence-corrected chi connectivity index (χ0v) is 63.2. The number of ether oxygens (including phenoxy) is 2. The number of methoxy groups -OCH3 is 1. The quantitative estimate of drug-likeness (QED) is 0.0132. The Balaban J connectivity index is 3.02. The van der Waals surface area contributed by atoms with Crippen LogP contribution >= 0.6 is 0 Å². The topological polar surface area (TPSA) is 625 Å². The number of nitrogens with one attached hydrogen (secondary N) is 8. The highest BCUT2D eigenvalue weighted by atomic mass is 16.5. The lowest BCUT2D eigenvalue weighted by molar-refractivity contribution is -0.162. The number of benzene rings is 1. The molecule has 20 atom stereocenters. The molecule has 1 aromatic rings. The SMILES string of the molecule is CO[C@H](c1ccc(O)cc1)[C@H]1NC(=O)[C@H](CCC(N)=O)N(C)C(=O)[C@H](CC(C)C)NC(=O)[C@@H](CCCN=C(N)N)NC(=O)[C@H](C(C)O)NC(=O)[C@H](NC(=O)C(NC(=O)[C@H](O)[C@H](O)[C@H](CCCN=C(N)N)NC(=O)[C@@H](C)NC(=O)[C@H](C)[C@H](O)[C@H](C)CC(C)C)[C@@H](C)[C@@H](C)C(N)=O)[C@@H](C)OC(=O)[C@H](C)N(C)C1=O. The van der Waals surface area contributed by atoms with E-state index in [0.29, 0.717) is 6.42 Å². The minimum atomic E-state index is -2.58. The third-order valence-electron chi connectivity index (χ3n) is 18.5. The minimum absolute atomic E-state index is 0.00975. The van der Waals surface area contributed by atoms with Crippen LogP contribution < -0.4 is 76.9 Å². The lowest BCUT2D eigenvalue weighted by atomic mass is 9.87. The van der Waals surface area contributed by atoms with Crippen molar-refractivity contribution in [1.29, 1.82) is 0 Å². The molecule has 1 aliphatic heterocycles. The van der Waals surface area contributed by atoms with E-state index in [4.69, 9.17) is 43.9 Å². The van der Waals surface area contributed by atoms with Crippen LogP contribution in [-0.4, -0.2) is 249 Å². The number of nitrogens with zero attached hydrogens (tertiary/aromatic N) is 4. The highest BCUT2D eigenvalue weighted by Gasteiger charge is 2.45. The highest BCUT2D eigenvalue weighted by molar-refractivity contribution is 5.99. The Kier molecular flexibility index (Phi) is 38.2. The Morgan fingerprint density at radius 1 is 0.623 bits per heavy atom. The molecule has 1 aromatic carbocycles. The number of carbonyl (C=O) groups excluding carboxylic acids is 13. The van der Waals surface area contributed by atoms with Crippen LogP contribution in [0.25, 0.3) is 0 Å². The third-order valence-corrected chi connectivity index (χ3v) is 18.5. The predicted octanol–water partition coefficient (Wildman–Crippen LogP) is -5.44. The summed E-state index contributed by atoms with van der Waals surface area (Å²) in [5.41, 5.74) is 33.6. The standard InChI is InChI=1S/C68H116N18O20/c1-30(2)28-32(5)51(90)35(8)56(94)77-36(9)57(95)78-42(18-16-26-75-67(71)72)52(91)53(92)63(101)81-47(33(6)34(7)55(70)93)60(98)83-49-39(12)106-66(104)37(10)85(13)65(103)50(54(105-15)40-20-22-41(88)23-21-40)84-59(97)45(24-25-46(69)89)86(14)64(102)44(29-31(3)4)80-58(96)43(19-17-27-76-68(73)74)79-61(99)48(38(11)87)82-62(49)100/h20-23,30-39,42-45,47-54,87-88,90-92H,16-19,24-29H2,1-15H3,(H2,69,89)(H2,70,93)(H,77,94)(H,78,95)(H,79,99)(H,80,96)(H,81,101)(H,82,100)(H,83,98)(H,84,97)(H4,71,72,75)(H4,73,74,76)/t32-,33+,34-,35-,36-,37+,38?,39-,42+,43-,44+,45+,47?,48+,49-,50-,51-,52-,53-,54-/m1/s1. The number of likely N-dealkylation sites (N-methyl/N-ethyl adjacent to an activating group) is 2. The van der Waals surface area contributed by atoms with Gasteiger partial charge in [-0.15, -0.1) is 0 Å². The Labute approximate surface area is 617 Å². The fourth-order valence-electron chi connectivity index (χ4n) is 11.7. The molecule has 1 fully saturated rings. The zero-order chi connectivity index (χ0) is 81.1. The summed E-state index contributed by atoms with van der Waals surface area (Å²) in [6.07, 6.45) is -12.4. The summed E-state index contributed by atoms with van der Waals surface area (Å²) in [4.78, 5) is 196. The number of aliphatic hydroxyl groups excluding tert-OH is 4. The number of carbonyl (C=O) groups is 13. The number of phenols is 1. The summed E-state index contributed by atoms with van der Waals surface area (Å²) >= 11 is 0. The van der Waals surface area contributed by atoms with Crippen molar-refractivity contribution in [1.82, 2.24) is 52.3 Å². The molecule has 1 aliphatic rings. The average Bonchev–Trinajstić information content (AvgIpc) is 0.811. The summed E-state index contributed by atoms with van der Waals surface area (Å²) in [6, 6.07) is -12.6. The minimum Gasteiger partial charge on any atom is -0.508 e. The maximum absolute atomic E-state index is 15.1. The fourth-order valence-corrected chi connectivity index (χ4v) is 11.7. The number of hydrogen-bond acceptors (Lipinski definition) is 22. The zero-order valence-electron chi connectivity index (χ0n) is 63.2. The number of phenolic OH excluding ortho intramolecular Hbond substituents is 1. The van der Waals surface area contributed by atoms with Gasteiger partial charge in [-0.3, -0.25) is 67.5 Å². The van der Waals surface area contributed by atoms with Crippen LogP contribution in [-0.2, 0) is 71.8 Å². The first-order valence-corrected chi connectivity index (χ1v) is 35.2. The lowest BCUT2D eigenvalue weighted by Gasteiger charge is -2.36. The van der Waals surface area contributed by atoms with Crippen molar-refractivity contribution in [2.45, 2.75) is 231 Å². The van der Waals surface area contributed by atoms with E-state index in [-0.39, 0.29) is 86.2 Å². The molecule has 2 unspecified atom stereocenters. The van der Waals surface area contributed by atoms with E-state index in [1.165, 1.54) is 66.1 Å². The molecule has 0 aromatic heterocycles. The summed E-state index contributed by atoms with van der Waals surface area (Å²) in [5.74, 6) is -19.8. The first kappa shape index (κ1) is 92.6. The normalized spacial score (nSPS) is 23.2. The number of cyclic esters (lactones) is 1. The molecular weight excluding hydrogens is 1390 g/mol. The number of primary amides is 2. The molecular formula is C68H116N18O20. The van der Waals surface area contributed by atoms with Crippen LogP contribution in [0.5, 0.6) is 5.75 Å². The predicted molar refractivity (Wildman–Crippen MR) is 386 cm³/mol. The summed E-state index contributed by atoms with van der Waals surface area (Å²) < 4.78 is 11.7. The molecule has 1 saturated heterocycles. The van der Waals surface area contributed by atoms with Gasteiger partial charge in [0, 0.05) is 46.6 Å². The van der Waals surface area contributed by atoms with E-state index >= 15 is 14.4 Å². The van der Waals surface area contributed by atoms with Crippen molar-refractivity contribution in [2.24, 2.45) is 79.9 Å². The van der Waals surface area contributed by atoms with Crippen molar-refractivity contribution in [3.8, 4) is 5.75 Å². The van der Waals surface area contributed by atoms with E-state index in [1.54, 1.807) is 20.8 Å². The number of guanidine groups is 2. The maximum atomic E-state index is 15.1. The van der Waals surface area contributed by atoms with Crippen molar-refractivity contribution < 1.29 is 97.3 Å². The molecule has 38 heteroatoms. The smallest absolute Gasteiger partial charge is 0.328 e. The van der Waals surface area contributed by atoms with Crippen molar-refractivity contribution in [2.75, 3.05) is 34.3 Å². The summed E-state index contributed by atoms with van der Waals surface area (Å²) in [5, 5.41) is 75.7. The number of hydrogen-bond donors (Lipinski definition) is 19. The molecule has 0 saturated carbocycles. The van der Waals surface area contributed by atoms with Crippen LogP contribution in [0.15, 0.2) is 34.3 Å². The van der Waals surface area contributed by atoms with Crippen LogP contribution in [0.3, 0.4) is 0 Å². The second-order valence-corrected chi connectivity index (χ2v) is 28.0. The Hall–Kier alpha value is -9.53. The van der Waals surface area contributed by atoms with E-state index in [1.807, 2.05) is 13.8 Å². The Morgan fingerprint density at radius 2 is 1.19 bits per heavy atom. The number of amides is 12. The maximum Gasteiger partial charge on any atom is 0.328 e. The molecule has 106 heavy (non-hydrogen) atoms. The van der Waals surface area contributed by atoms with Gasteiger partial charge in [-0.1, -0.05) is 67.5 Å². The van der Waals surface area contributed by atoms with Crippen LogP contribution in [0.1, 0.15) is 146 Å². The van der Waals surface area contributed by atoms with Gasteiger partial charge in [-0.25, -0.2) is 4.79 Å². The van der Waals surface area contributed by atoms with Crippen LogP contribution in [0.2, 0.25) is 0 Å². The second kappa shape index (κ2) is 43.8. The van der Waals surface area contributed by atoms with E-state index in [0.717, 1.165) is 37.6 Å². The van der Waals surface area contributed by atoms with Gasteiger partial charge < -0.3 is 122 Å². The van der Waals surface area contributed by atoms with Crippen LogP contribution in [0.4, 0.5) is 0 Å². The molecule has 0 bridgehead atoms. The number of rotatable bonds is 34. The molecule has 2 rings (SSSR count). The number of aliphatic hydroxyl groups is 4. The van der Waals surface area contributed by atoms with Crippen molar-refractivity contribution >= 4 is 88.8 Å². The Morgan fingerprint density at radius 3 is 1.72 bits per heavy atom. The van der Waals surface area contributed by atoms with Crippen molar-refractivity contribution in [3.05, 3.63) is 29.8 Å². The first-order chi connectivity index (χ1) is 49.3. The van der Waals surface area contributed by atoms with E-state index in [2.05, 4.69) is 52.5 Å². The second-order valence-electron chi connectivity index (χ2n) is 28.0. The lowest BCUT2D eigenvalue weighted by Crippen LogP contribution is -2.65. The monoisotopic (exact) mass is 1500 g/mol. The van der Waals surface area contributed by atoms with Crippen molar-refractivity contribution in [3.63, 3.8) is 0 Å². The van der Waals surface area contributed by atoms with Gasteiger partial charge in [0.1, 0.15) is 78.4 Å². The molecule has 598 valence electrons. The number of aliphatic imine (C=N–C) groups is 2. The van der Waals surface area contributed by atoms with Gasteiger partial charge in [0.25, 0.3) is 5.91 Å². The van der Waals surface area contributed by atoms with E-state index in [9.17, 15) is 73.5 Å². The van der Waals surface area contributed by atoms with Gasteiger partial charge in [-0.05, 0) is 114 Å². The molecule has 0 spiro atoms. The highest BCUT2D eigenvalue weighted by Crippen LogP contribution is 2.27. The van der Waals surface area contributed by atoms with Gasteiger partial charge in [0.2, 0.25) is 65.0 Å². The summed E-state index contributed by atoms with van der Waals surface area (Å²) in [6.45, 7) is 17.4. The molecule has 1 heterocycles. The number of esters is 1. The number of aromatic hydroxyl groups is 1. The van der Waals surface area contributed by atoms with Gasteiger partial charge >= 0.3 is 5.97 Å². The third kappa shape index (κ3) is 28.7. The average molecular weight is 1510 g/mol. The first-order valence-electron chi connectivity index (χ1n) is 35.2. The summed E-state index contributed by atoms with van der Waals surface area (Å²) in [7, 11) is 3.47. The largest absolute Gasteiger partial charge is 0.508 e. The van der Waals surface area contributed by atoms with Gasteiger partial charge in [0.05, 0.1) is 24.2 Å². The van der Waals surface area contributed by atoms with E-state index < -0.39 is 204 Å². The molecule has 12 amide bonds. The van der Waals surface area contributed by atoms with Gasteiger partial charge in [0.15, 0.2) is 18.0 Å². The Bertz CT molecular complexity index is 3230. The molecule has 0 aliphatic carbocycles. The fraction of sp³-hybridized carbons (Fsp3) is 0.691. The van der Waals surface area contributed by atoms with Crippen LogP contribution in [0, 0.1) is 35.5 Å². The number of nitrogens with two attached hydrogens (primary N) is 6. The van der Waals surface area contributed by atoms with Gasteiger partial charge in [-0.2, -0.15) is 0 Å². The molecule has 0 radical (unpaired) electrons. The molecule has 25 N–H and O–H groups in total. The molecule has 38 nitrogen and oxygen atoms in total.